The Hall–Kier alpha value is -2.04. The van der Waals surface area contributed by atoms with Gasteiger partial charge in [0.15, 0.2) is 5.82 Å². The molecule has 2 aromatic rings. The van der Waals surface area contributed by atoms with E-state index in [2.05, 4.69) is 37.6 Å². The highest BCUT2D eigenvalue weighted by Crippen LogP contribution is 2.22. The van der Waals surface area contributed by atoms with Gasteiger partial charge in [-0.25, -0.2) is 14.3 Å². The van der Waals surface area contributed by atoms with Crippen LogP contribution in [0.3, 0.4) is 0 Å². The molecule has 1 aliphatic rings. The number of piperidine rings is 1. The lowest BCUT2D eigenvalue weighted by molar-refractivity contribution is -0.143. The van der Waals surface area contributed by atoms with Crippen molar-refractivity contribution in [1.82, 2.24) is 39.9 Å². The molecule has 0 aliphatic carbocycles. The molecule has 2 aromatic heterocycles. The van der Waals surface area contributed by atoms with Crippen LogP contribution < -0.4 is 0 Å². The lowest BCUT2D eigenvalue weighted by atomic mass is 9.94. The Kier molecular flexibility index (Phi) is 5.30. The van der Waals surface area contributed by atoms with Gasteiger partial charge in [0.1, 0.15) is 18.7 Å². The second-order valence-corrected chi connectivity index (χ2v) is 6.49. The number of rotatable bonds is 6. The van der Waals surface area contributed by atoms with Crippen molar-refractivity contribution in [1.29, 1.82) is 0 Å². The van der Waals surface area contributed by atoms with E-state index in [4.69, 9.17) is 0 Å². The fourth-order valence-corrected chi connectivity index (χ4v) is 3.02. The van der Waals surface area contributed by atoms with Gasteiger partial charge < -0.3 is 4.90 Å². The third-order valence-electron chi connectivity index (χ3n) is 4.39. The molecule has 0 spiro atoms. The molecule has 0 aromatic carbocycles. The SMILES string of the molecule is CN1CCC(Cc2nc(CCn3cnnn3)n(CC(F)(F)F)n2)CC1. The van der Waals surface area contributed by atoms with Gasteiger partial charge in [0.05, 0.1) is 6.54 Å². The molecular weight excluding hydrogens is 337 g/mol. The van der Waals surface area contributed by atoms with E-state index in [-0.39, 0.29) is 0 Å². The summed E-state index contributed by atoms with van der Waals surface area (Å²) in [5, 5.41) is 14.9. The number of likely N-dealkylation sites (tertiary alicyclic amines) is 1. The zero-order chi connectivity index (χ0) is 17.9. The van der Waals surface area contributed by atoms with Crippen molar-refractivity contribution >= 4 is 0 Å². The van der Waals surface area contributed by atoms with Gasteiger partial charge in [-0.15, -0.1) is 5.10 Å². The summed E-state index contributed by atoms with van der Waals surface area (Å²) in [4.78, 5) is 6.62. The molecule has 3 rings (SSSR count). The van der Waals surface area contributed by atoms with Crippen molar-refractivity contribution in [2.45, 2.75) is 44.9 Å². The zero-order valence-electron chi connectivity index (χ0n) is 14.0. The van der Waals surface area contributed by atoms with Crippen molar-refractivity contribution in [3.63, 3.8) is 0 Å². The second kappa shape index (κ2) is 7.46. The molecule has 25 heavy (non-hydrogen) atoms. The number of halogens is 3. The first kappa shape index (κ1) is 17.8. The van der Waals surface area contributed by atoms with Gasteiger partial charge >= 0.3 is 6.18 Å². The zero-order valence-corrected chi connectivity index (χ0v) is 14.0. The number of aromatic nitrogens is 7. The van der Waals surface area contributed by atoms with Crippen LogP contribution in [0.1, 0.15) is 24.5 Å². The quantitative estimate of drug-likeness (QED) is 0.765. The van der Waals surface area contributed by atoms with Crippen molar-refractivity contribution in [3.8, 4) is 0 Å². The minimum Gasteiger partial charge on any atom is -0.306 e. The summed E-state index contributed by atoms with van der Waals surface area (Å²) in [5.74, 6) is 1.23. The van der Waals surface area contributed by atoms with Crippen LogP contribution in [0, 0.1) is 5.92 Å². The molecule has 1 aliphatic heterocycles. The summed E-state index contributed by atoms with van der Waals surface area (Å²) in [6.45, 7) is 1.23. The van der Waals surface area contributed by atoms with E-state index in [0.717, 1.165) is 30.6 Å². The normalized spacial score (nSPS) is 17.3. The standard InChI is InChI=1S/C14H21F3N8/c1-23-5-2-11(3-6-23)8-12-19-13(4-7-24-10-18-21-22-24)25(20-12)9-14(15,16)17/h10-11H,2-9H2,1H3. The minimum absolute atomic E-state index is 0.293. The van der Waals surface area contributed by atoms with Crippen LogP contribution in [0.2, 0.25) is 0 Å². The van der Waals surface area contributed by atoms with Gasteiger partial charge in [0.2, 0.25) is 0 Å². The van der Waals surface area contributed by atoms with E-state index in [1.165, 1.54) is 11.0 Å². The fraction of sp³-hybridized carbons (Fsp3) is 0.786. The van der Waals surface area contributed by atoms with Gasteiger partial charge in [-0.1, -0.05) is 0 Å². The Morgan fingerprint density at radius 3 is 2.64 bits per heavy atom. The maximum absolute atomic E-state index is 12.8. The predicted molar refractivity (Wildman–Crippen MR) is 81.5 cm³/mol. The summed E-state index contributed by atoms with van der Waals surface area (Å²) in [6.07, 6.45) is 0.0403. The molecule has 138 valence electrons. The minimum atomic E-state index is -4.33. The molecule has 0 amide bonds. The average Bonchev–Trinajstić information content (AvgIpc) is 3.16. The van der Waals surface area contributed by atoms with E-state index in [9.17, 15) is 13.2 Å². The largest absolute Gasteiger partial charge is 0.408 e. The third kappa shape index (κ3) is 5.21. The summed E-state index contributed by atoms with van der Waals surface area (Å²) < 4.78 is 40.9. The lowest BCUT2D eigenvalue weighted by Gasteiger charge is -2.28. The van der Waals surface area contributed by atoms with Crippen LogP contribution in [0.25, 0.3) is 0 Å². The first-order valence-corrected chi connectivity index (χ1v) is 8.28. The molecule has 0 atom stereocenters. The smallest absolute Gasteiger partial charge is 0.306 e. The van der Waals surface area contributed by atoms with Crippen LogP contribution in [0.5, 0.6) is 0 Å². The highest BCUT2D eigenvalue weighted by Gasteiger charge is 2.30. The number of hydrogen-bond donors (Lipinski definition) is 0. The maximum atomic E-state index is 12.8. The first-order chi connectivity index (χ1) is 11.9. The van der Waals surface area contributed by atoms with E-state index in [1.807, 2.05) is 0 Å². The predicted octanol–water partition coefficient (Wildman–Crippen LogP) is 0.954. The molecule has 0 N–H and O–H groups in total. The topological polar surface area (TPSA) is 77.5 Å². The Balaban J connectivity index is 1.69. The summed E-state index contributed by atoms with van der Waals surface area (Å²) in [6, 6.07) is 0. The number of alkyl halides is 3. The first-order valence-electron chi connectivity index (χ1n) is 8.28. The highest BCUT2D eigenvalue weighted by molar-refractivity contribution is 4.96. The number of tetrazole rings is 1. The summed E-state index contributed by atoms with van der Waals surface area (Å²) >= 11 is 0. The maximum Gasteiger partial charge on any atom is 0.408 e. The molecule has 8 nitrogen and oxygen atoms in total. The molecule has 0 saturated carbocycles. The van der Waals surface area contributed by atoms with Crippen molar-refractivity contribution in [2.75, 3.05) is 20.1 Å². The number of nitrogens with zero attached hydrogens (tertiary/aromatic N) is 8. The van der Waals surface area contributed by atoms with Crippen molar-refractivity contribution in [2.24, 2.45) is 5.92 Å². The molecule has 0 unspecified atom stereocenters. The Bertz CT molecular complexity index is 658. The van der Waals surface area contributed by atoms with Crippen molar-refractivity contribution < 1.29 is 13.2 Å². The van der Waals surface area contributed by atoms with Crippen LogP contribution >= 0.6 is 0 Å². The van der Waals surface area contributed by atoms with Crippen LogP contribution in [0.4, 0.5) is 13.2 Å². The van der Waals surface area contributed by atoms with Crippen LogP contribution in [0.15, 0.2) is 6.33 Å². The molecule has 0 radical (unpaired) electrons. The monoisotopic (exact) mass is 358 g/mol. The molecule has 11 heteroatoms. The fourth-order valence-electron chi connectivity index (χ4n) is 3.02. The molecule has 0 bridgehead atoms. The van der Waals surface area contributed by atoms with E-state index < -0.39 is 12.7 Å². The number of hydrogen-bond acceptors (Lipinski definition) is 6. The third-order valence-corrected chi connectivity index (χ3v) is 4.39. The van der Waals surface area contributed by atoms with E-state index >= 15 is 0 Å². The second-order valence-electron chi connectivity index (χ2n) is 6.49. The van der Waals surface area contributed by atoms with Gasteiger partial charge in [0.25, 0.3) is 0 Å². The van der Waals surface area contributed by atoms with E-state index in [0.29, 0.717) is 37.0 Å². The van der Waals surface area contributed by atoms with Gasteiger partial charge in [-0.05, 0) is 49.3 Å². The van der Waals surface area contributed by atoms with Gasteiger partial charge in [-0.2, -0.15) is 18.3 Å². The van der Waals surface area contributed by atoms with Crippen molar-refractivity contribution in [3.05, 3.63) is 18.0 Å². The molecule has 1 saturated heterocycles. The van der Waals surface area contributed by atoms with Gasteiger partial charge in [-0.3, -0.25) is 0 Å². The lowest BCUT2D eigenvalue weighted by Crippen LogP contribution is -2.31. The Morgan fingerprint density at radius 1 is 1.24 bits per heavy atom. The highest BCUT2D eigenvalue weighted by atomic mass is 19.4. The van der Waals surface area contributed by atoms with Crippen LogP contribution in [-0.4, -0.2) is 66.2 Å². The molecule has 3 heterocycles. The Morgan fingerprint density at radius 2 is 2.00 bits per heavy atom. The van der Waals surface area contributed by atoms with E-state index in [1.54, 1.807) is 0 Å². The summed E-state index contributed by atoms with van der Waals surface area (Å²) in [7, 11) is 2.07. The van der Waals surface area contributed by atoms with Crippen LogP contribution in [-0.2, 0) is 25.9 Å². The van der Waals surface area contributed by atoms with Gasteiger partial charge in [0, 0.05) is 12.8 Å². The molecule has 1 fully saturated rings. The Labute approximate surface area is 143 Å². The summed E-state index contributed by atoms with van der Waals surface area (Å²) in [5.41, 5.74) is 0. The molecular formula is C14H21F3N8. The number of aryl methyl sites for hydroxylation is 2. The average molecular weight is 358 g/mol.